The Morgan fingerprint density at radius 1 is 1.11 bits per heavy atom. The van der Waals surface area contributed by atoms with Gasteiger partial charge < -0.3 is 9.80 Å². The first-order valence-electron chi connectivity index (χ1n) is 10.2. The monoisotopic (exact) mass is 380 g/mol. The highest BCUT2D eigenvalue weighted by atomic mass is 16.2. The van der Waals surface area contributed by atoms with Crippen molar-refractivity contribution in [2.75, 3.05) is 31.1 Å². The number of fused-ring (bicyclic) bond motifs is 1. The van der Waals surface area contributed by atoms with Gasteiger partial charge >= 0.3 is 0 Å². The molecule has 1 fully saturated rings. The summed E-state index contributed by atoms with van der Waals surface area (Å²) in [5.41, 5.74) is 5.67. The van der Waals surface area contributed by atoms with E-state index in [1.165, 1.54) is 21.5 Å². The summed E-state index contributed by atoms with van der Waals surface area (Å²) < 4.78 is 1.38. The molecular formula is C22H28N4O2. The summed E-state index contributed by atoms with van der Waals surface area (Å²) in [4.78, 5) is 29.7. The number of piperazine rings is 1. The second-order valence-electron chi connectivity index (χ2n) is 7.96. The van der Waals surface area contributed by atoms with E-state index in [2.05, 4.69) is 42.0 Å². The van der Waals surface area contributed by atoms with Gasteiger partial charge in [0.15, 0.2) is 0 Å². The Morgan fingerprint density at radius 3 is 2.61 bits per heavy atom. The maximum absolute atomic E-state index is 13.0. The van der Waals surface area contributed by atoms with Gasteiger partial charge in [0.1, 0.15) is 6.04 Å². The Hall–Kier alpha value is -2.63. The van der Waals surface area contributed by atoms with Crippen LogP contribution in [0.2, 0.25) is 0 Å². The normalized spacial score (nSPS) is 17.5. The molecule has 0 bridgehead atoms. The van der Waals surface area contributed by atoms with Crippen molar-refractivity contribution < 1.29 is 4.79 Å². The van der Waals surface area contributed by atoms with Crippen molar-refractivity contribution in [3.05, 3.63) is 57.0 Å². The zero-order valence-electron chi connectivity index (χ0n) is 16.9. The first-order chi connectivity index (χ1) is 13.5. The SMILES string of the molecule is Cc1cccc(N2CCN(C(=O)[C@H](C)n3nc4c(cc3=O)CCC4)CC2)c1C. The third-order valence-electron chi connectivity index (χ3n) is 6.21. The van der Waals surface area contributed by atoms with Crippen molar-refractivity contribution in [1.29, 1.82) is 0 Å². The Morgan fingerprint density at radius 2 is 1.86 bits per heavy atom. The topological polar surface area (TPSA) is 58.4 Å². The molecular weight excluding hydrogens is 352 g/mol. The molecule has 148 valence electrons. The third-order valence-corrected chi connectivity index (χ3v) is 6.21. The molecule has 1 aromatic carbocycles. The quantitative estimate of drug-likeness (QED) is 0.820. The van der Waals surface area contributed by atoms with Gasteiger partial charge in [-0.3, -0.25) is 9.59 Å². The van der Waals surface area contributed by atoms with E-state index in [0.29, 0.717) is 13.1 Å². The van der Waals surface area contributed by atoms with Gasteiger partial charge in [-0.1, -0.05) is 12.1 Å². The zero-order valence-corrected chi connectivity index (χ0v) is 16.9. The number of carbonyl (C=O) groups is 1. The number of aromatic nitrogens is 2. The maximum atomic E-state index is 13.0. The smallest absolute Gasteiger partial charge is 0.267 e. The highest BCUT2D eigenvalue weighted by Gasteiger charge is 2.28. The number of rotatable bonds is 3. The molecule has 6 heteroatoms. The van der Waals surface area contributed by atoms with E-state index >= 15 is 0 Å². The minimum Gasteiger partial charge on any atom is -0.368 e. The van der Waals surface area contributed by atoms with Crippen LogP contribution in [0, 0.1) is 13.8 Å². The fourth-order valence-electron chi connectivity index (χ4n) is 4.31. The first-order valence-corrected chi connectivity index (χ1v) is 10.2. The number of hydrogen-bond donors (Lipinski definition) is 0. The number of benzene rings is 1. The molecule has 4 rings (SSSR count). The lowest BCUT2D eigenvalue weighted by Gasteiger charge is -2.38. The van der Waals surface area contributed by atoms with Crippen LogP contribution in [0.4, 0.5) is 5.69 Å². The Balaban J connectivity index is 1.45. The van der Waals surface area contributed by atoms with Crippen molar-refractivity contribution in [3.8, 4) is 0 Å². The molecule has 1 aliphatic heterocycles. The largest absolute Gasteiger partial charge is 0.368 e. The summed E-state index contributed by atoms with van der Waals surface area (Å²) in [5.74, 6) is -0.0202. The molecule has 0 saturated carbocycles. The van der Waals surface area contributed by atoms with E-state index < -0.39 is 6.04 Å². The van der Waals surface area contributed by atoms with Crippen LogP contribution in [0.25, 0.3) is 0 Å². The Labute approximate surface area is 165 Å². The van der Waals surface area contributed by atoms with Crippen LogP contribution in [-0.2, 0) is 17.6 Å². The van der Waals surface area contributed by atoms with Crippen molar-refractivity contribution in [1.82, 2.24) is 14.7 Å². The third kappa shape index (κ3) is 3.32. The van der Waals surface area contributed by atoms with Gasteiger partial charge in [-0.15, -0.1) is 0 Å². The van der Waals surface area contributed by atoms with E-state index in [4.69, 9.17) is 0 Å². The molecule has 0 N–H and O–H groups in total. The average molecular weight is 380 g/mol. The molecule has 6 nitrogen and oxygen atoms in total. The van der Waals surface area contributed by atoms with Crippen LogP contribution < -0.4 is 10.5 Å². The molecule has 1 amide bonds. The van der Waals surface area contributed by atoms with Gasteiger partial charge in [0, 0.05) is 37.9 Å². The van der Waals surface area contributed by atoms with Gasteiger partial charge in [0.25, 0.3) is 5.56 Å². The number of carbonyl (C=O) groups excluding carboxylic acids is 1. The molecule has 2 aliphatic rings. The lowest BCUT2D eigenvalue weighted by molar-refractivity contribution is -0.135. The molecule has 1 aliphatic carbocycles. The van der Waals surface area contributed by atoms with E-state index in [-0.39, 0.29) is 11.5 Å². The van der Waals surface area contributed by atoms with Crippen molar-refractivity contribution in [2.24, 2.45) is 0 Å². The summed E-state index contributed by atoms with van der Waals surface area (Å²) in [7, 11) is 0. The first kappa shape index (κ1) is 18.7. The van der Waals surface area contributed by atoms with Crippen molar-refractivity contribution in [2.45, 2.75) is 46.1 Å². The van der Waals surface area contributed by atoms with Gasteiger partial charge in [-0.25, -0.2) is 4.68 Å². The van der Waals surface area contributed by atoms with Crippen LogP contribution in [0.3, 0.4) is 0 Å². The van der Waals surface area contributed by atoms with Gasteiger partial charge in [0.05, 0.1) is 5.69 Å². The van der Waals surface area contributed by atoms with E-state index in [1.54, 1.807) is 13.0 Å². The maximum Gasteiger partial charge on any atom is 0.267 e. The average Bonchev–Trinajstić information content (AvgIpc) is 3.15. The highest BCUT2D eigenvalue weighted by molar-refractivity contribution is 5.80. The number of aryl methyl sites for hydroxylation is 3. The molecule has 0 unspecified atom stereocenters. The number of hydrogen-bond acceptors (Lipinski definition) is 4. The summed E-state index contributed by atoms with van der Waals surface area (Å²) >= 11 is 0. The van der Waals surface area contributed by atoms with Crippen molar-refractivity contribution in [3.63, 3.8) is 0 Å². The predicted molar refractivity (Wildman–Crippen MR) is 110 cm³/mol. The fourth-order valence-corrected chi connectivity index (χ4v) is 4.31. The standard InChI is InChI=1S/C22H28N4O2/c1-15-6-4-9-20(16(15)2)24-10-12-25(13-11-24)22(28)17(3)26-21(27)14-18-7-5-8-19(18)23-26/h4,6,9,14,17H,5,7-8,10-13H2,1-3H3/t17-/m0/s1. The van der Waals surface area contributed by atoms with E-state index in [0.717, 1.165) is 43.6 Å². The fraction of sp³-hybridized carbons (Fsp3) is 0.500. The molecule has 1 atom stereocenters. The molecule has 2 heterocycles. The molecule has 1 saturated heterocycles. The van der Waals surface area contributed by atoms with Crippen LogP contribution in [0.5, 0.6) is 0 Å². The molecule has 28 heavy (non-hydrogen) atoms. The summed E-state index contributed by atoms with van der Waals surface area (Å²) in [6, 6.07) is 7.46. The van der Waals surface area contributed by atoms with E-state index in [9.17, 15) is 9.59 Å². The molecule has 2 aromatic rings. The Kier molecular flexibility index (Phi) is 4.96. The molecule has 0 radical (unpaired) electrons. The van der Waals surface area contributed by atoms with Gasteiger partial charge in [0.2, 0.25) is 5.91 Å². The number of amides is 1. The lowest BCUT2D eigenvalue weighted by atomic mass is 10.1. The molecule has 0 spiro atoms. The number of nitrogens with zero attached hydrogens (tertiary/aromatic N) is 4. The highest BCUT2D eigenvalue weighted by Crippen LogP contribution is 2.24. The minimum atomic E-state index is -0.564. The summed E-state index contributed by atoms with van der Waals surface area (Å²) in [6.45, 7) is 8.99. The van der Waals surface area contributed by atoms with E-state index in [1.807, 2.05) is 4.90 Å². The van der Waals surface area contributed by atoms with Gasteiger partial charge in [-0.2, -0.15) is 5.10 Å². The van der Waals surface area contributed by atoms with Crippen LogP contribution in [0.15, 0.2) is 29.1 Å². The lowest BCUT2D eigenvalue weighted by Crippen LogP contribution is -2.51. The Bertz CT molecular complexity index is 957. The zero-order chi connectivity index (χ0) is 19.8. The summed E-state index contributed by atoms with van der Waals surface area (Å²) in [5, 5.41) is 4.50. The van der Waals surface area contributed by atoms with Crippen molar-refractivity contribution >= 4 is 11.6 Å². The molecule has 1 aromatic heterocycles. The van der Waals surface area contributed by atoms with Gasteiger partial charge in [-0.05, 0) is 62.8 Å². The minimum absolute atomic E-state index is 0.0202. The second kappa shape index (κ2) is 7.41. The van der Waals surface area contributed by atoms with Crippen LogP contribution in [-0.4, -0.2) is 46.8 Å². The van der Waals surface area contributed by atoms with Crippen LogP contribution in [0.1, 0.15) is 41.8 Å². The number of anilines is 1. The second-order valence-corrected chi connectivity index (χ2v) is 7.96. The van der Waals surface area contributed by atoms with Crippen LogP contribution >= 0.6 is 0 Å². The predicted octanol–water partition coefficient (Wildman–Crippen LogP) is 2.26. The summed E-state index contributed by atoms with van der Waals surface area (Å²) in [6.07, 6.45) is 2.85.